The molecule has 0 aliphatic heterocycles. The summed E-state index contributed by atoms with van der Waals surface area (Å²) in [5.41, 5.74) is 5.19. The largest absolute Gasteiger partial charge is 0.454 e. The Bertz CT molecular complexity index is 553. The molecule has 6 nitrogen and oxygen atoms in total. The Kier molecular flexibility index (Phi) is 7.76. The summed E-state index contributed by atoms with van der Waals surface area (Å²) in [6.07, 6.45) is 2.25. The number of primary amides is 1. The lowest BCUT2D eigenvalue weighted by atomic mass is 10.1. The van der Waals surface area contributed by atoms with Crippen molar-refractivity contribution < 1.29 is 19.1 Å². The van der Waals surface area contributed by atoms with E-state index < -0.39 is 30.4 Å². The summed E-state index contributed by atoms with van der Waals surface area (Å²) in [6.45, 7) is -0.517. The van der Waals surface area contributed by atoms with E-state index in [4.69, 9.17) is 22.1 Å². The fourth-order valence-corrected chi connectivity index (χ4v) is 2.30. The van der Waals surface area contributed by atoms with Gasteiger partial charge in [0.05, 0.1) is 10.6 Å². The Morgan fingerprint density at radius 3 is 2.64 bits per heavy atom. The molecule has 0 bridgehead atoms. The first kappa shape index (κ1) is 18.3. The molecule has 1 aromatic rings. The predicted molar refractivity (Wildman–Crippen MR) is 85.9 cm³/mol. The van der Waals surface area contributed by atoms with Gasteiger partial charge in [0.15, 0.2) is 6.61 Å². The van der Waals surface area contributed by atoms with Crippen molar-refractivity contribution in [1.29, 1.82) is 0 Å². The second kappa shape index (κ2) is 9.32. The number of esters is 1. The van der Waals surface area contributed by atoms with Crippen molar-refractivity contribution in [2.45, 2.75) is 12.5 Å². The van der Waals surface area contributed by atoms with Crippen LogP contribution in [0.25, 0.3) is 0 Å². The summed E-state index contributed by atoms with van der Waals surface area (Å²) >= 11 is 7.47. The SMILES string of the molecule is CSCC[C@@H](NC(=O)c1ccccc1Cl)C(=O)OCC(N)=O. The molecule has 8 heteroatoms. The van der Waals surface area contributed by atoms with Gasteiger partial charge >= 0.3 is 5.97 Å². The topological polar surface area (TPSA) is 98.5 Å². The third-order valence-electron chi connectivity index (χ3n) is 2.68. The summed E-state index contributed by atoms with van der Waals surface area (Å²) in [4.78, 5) is 34.8. The maximum Gasteiger partial charge on any atom is 0.329 e. The molecule has 0 saturated carbocycles. The van der Waals surface area contributed by atoms with Crippen LogP contribution in [0.4, 0.5) is 0 Å². The maximum absolute atomic E-state index is 12.2. The second-order valence-corrected chi connectivity index (χ2v) is 5.75. The fourth-order valence-electron chi connectivity index (χ4n) is 1.61. The monoisotopic (exact) mass is 344 g/mol. The molecule has 0 aliphatic carbocycles. The molecule has 1 aromatic carbocycles. The quantitative estimate of drug-likeness (QED) is 0.691. The molecule has 0 unspecified atom stereocenters. The highest BCUT2D eigenvalue weighted by atomic mass is 35.5. The fraction of sp³-hybridized carbons (Fsp3) is 0.357. The standard InChI is InChI=1S/C14H17ClN2O4S/c1-22-7-6-11(14(20)21-8-12(16)18)17-13(19)9-4-2-3-5-10(9)15/h2-5,11H,6-8H2,1H3,(H2,16,18)(H,17,19)/t11-/m1/s1. The molecule has 1 atom stereocenters. The molecule has 22 heavy (non-hydrogen) atoms. The zero-order chi connectivity index (χ0) is 16.5. The van der Waals surface area contributed by atoms with Crippen molar-refractivity contribution in [2.75, 3.05) is 18.6 Å². The third-order valence-corrected chi connectivity index (χ3v) is 3.65. The van der Waals surface area contributed by atoms with Gasteiger partial charge in [-0.2, -0.15) is 11.8 Å². The van der Waals surface area contributed by atoms with Gasteiger partial charge in [0, 0.05) is 0 Å². The number of hydrogen-bond donors (Lipinski definition) is 2. The lowest BCUT2D eigenvalue weighted by Gasteiger charge is -2.17. The zero-order valence-corrected chi connectivity index (χ0v) is 13.6. The number of thioether (sulfide) groups is 1. The molecule has 0 aliphatic rings. The van der Waals surface area contributed by atoms with Gasteiger partial charge in [-0.3, -0.25) is 9.59 Å². The first-order valence-corrected chi connectivity index (χ1v) is 8.22. The van der Waals surface area contributed by atoms with E-state index in [1.54, 1.807) is 24.3 Å². The van der Waals surface area contributed by atoms with Crippen molar-refractivity contribution in [1.82, 2.24) is 5.32 Å². The zero-order valence-electron chi connectivity index (χ0n) is 12.0. The lowest BCUT2D eigenvalue weighted by molar-refractivity contribution is -0.149. The molecule has 1 rings (SSSR count). The first-order chi connectivity index (χ1) is 10.5. The molecule has 2 amide bonds. The molecule has 0 saturated heterocycles. The van der Waals surface area contributed by atoms with Crippen LogP contribution in [-0.2, 0) is 14.3 Å². The summed E-state index contributed by atoms with van der Waals surface area (Å²) in [6, 6.07) is 5.64. The number of ether oxygens (including phenoxy) is 1. The van der Waals surface area contributed by atoms with E-state index in [1.165, 1.54) is 11.8 Å². The van der Waals surface area contributed by atoms with E-state index in [2.05, 4.69) is 5.32 Å². The normalized spacial score (nSPS) is 11.5. The molecular weight excluding hydrogens is 328 g/mol. The lowest BCUT2D eigenvalue weighted by Crippen LogP contribution is -2.43. The van der Waals surface area contributed by atoms with Gasteiger partial charge in [-0.05, 0) is 30.6 Å². The summed E-state index contributed by atoms with van der Waals surface area (Å²) in [5.74, 6) is -1.30. The van der Waals surface area contributed by atoms with E-state index in [1.807, 2.05) is 6.26 Å². The Balaban J connectivity index is 2.75. The minimum Gasteiger partial charge on any atom is -0.454 e. The highest BCUT2D eigenvalue weighted by molar-refractivity contribution is 7.98. The van der Waals surface area contributed by atoms with Gasteiger partial charge in [-0.25, -0.2) is 4.79 Å². The van der Waals surface area contributed by atoms with Crippen molar-refractivity contribution in [3.05, 3.63) is 34.9 Å². The molecule has 0 heterocycles. The van der Waals surface area contributed by atoms with Gasteiger partial charge in [0.2, 0.25) is 0 Å². The number of carbonyl (C=O) groups is 3. The van der Waals surface area contributed by atoms with Crippen LogP contribution in [0.2, 0.25) is 5.02 Å². The molecule has 0 fully saturated rings. The minimum atomic E-state index is -0.865. The highest BCUT2D eigenvalue weighted by Crippen LogP contribution is 2.15. The predicted octanol–water partition coefficient (Wildman–Crippen LogP) is 1.22. The van der Waals surface area contributed by atoms with Crippen LogP contribution in [0.1, 0.15) is 16.8 Å². The maximum atomic E-state index is 12.2. The third kappa shape index (κ3) is 5.95. The smallest absolute Gasteiger partial charge is 0.329 e. The van der Waals surface area contributed by atoms with E-state index in [9.17, 15) is 14.4 Å². The van der Waals surface area contributed by atoms with E-state index in [-0.39, 0.29) is 10.6 Å². The van der Waals surface area contributed by atoms with Gasteiger partial charge in [-0.15, -0.1) is 0 Å². The molecule has 0 radical (unpaired) electrons. The molecule has 120 valence electrons. The highest BCUT2D eigenvalue weighted by Gasteiger charge is 2.23. The van der Waals surface area contributed by atoms with E-state index in [0.29, 0.717) is 12.2 Å². The summed E-state index contributed by atoms with van der Waals surface area (Å²) < 4.78 is 4.76. The van der Waals surface area contributed by atoms with Crippen molar-refractivity contribution >= 4 is 41.1 Å². The Hall–Kier alpha value is -1.73. The summed E-state index contributed by atoms with van der Waals surface area (Å²) in [5, 5.41) is 2.86. The van der Waals surface area contributed by atoms with Crippen LogP contribution in [0.15, 0.2) is 24.3 Å². The van der Waals surface area contributed by atoms with Crippen LogP contribution >= 0.6 is 23.4 Å². The number of benzene rings is 1. The second-order valence-electron chi connectivity index (χ2n) is 4.36. The van der Waals surface area contributed by atoms with E-state index in [0.717, 1.165) is 0 Å². The number of carbonyl (C=O) groups excluding carboxylic acids is 3. The Morgan fingerprint density at radius 1 is 1.36 bits per heavy atom. The number of hydrogen-bond acceptors (Lipinski definition) is 5. The van der Waals surface area contributed by atoms with Crippen molar-refractivity contribution in [3.63, 3.8) is 0 Å². The molecule has 0 aromatic heterocycles. The average molecular weight is 345 g/mol. The van der Waals surface area contributed by atoms with Crippen molar-refractivity contribution in [2.24, 2.45) is 5.73 Å². The molecule has 3 N–H and O–H groups in total. The van der Waals surface area contributed by atoms with Gasteiger partial charge in [0.1, 0.15) is 6.04 Å². The van der Waals surface area contributed by atoms with Crippen LogP contribution < -0.4 is 11.1 Å². The van der Waals surface area contributed by atoms with Gasteiger partial charge in [0.25, 0.3) is 11.8 Å². The number of nitrogens with one attached hydrogen (secondary N) is 1. The van der Waals surface area contributed by atoms with Crippen molar-refractivity contribution in [3.8, 4) is 0 Å². The number of rotatable bonds is 8. The van der Waals surface area contributed by atoms with Crippen LogP contribution in [0, 0.1) is 0 Å². The van der Waals surface area contributed by atoms with E-state index >= 15 is 0 Å². The van der Waals surface area contributed by atoms with Crippen LogP contribution in [-0.4, -0.2) is 42.4 Å². The molecular formula is C14H17ClN2O4S. The van der Waals surface area contributed by atoms with Crippen LogP contribution in [0.5, 0.6) is 0 Å². The van der Waals surface area contributed by atoms with Gasteiger partial charge < -0.3 is 15.8 Å². The number of amides is 2. The number of nitrogens with two attached hydrogens (primary N) is 1. The summed E-state index contributed by atoms with van der Waals surface area (Å²) in [7, 11) is 0. The average Bonchev–Trinajstić information content (AvgIpc) is 2.49. The molecule has 0 spiro atoms. The van der Waals surface area contributed by atoms with Gasteiger partial charge in [-0.1, -0.05) is 23.7 Å². The minimum absolute atomic E-state index is 0.265. The first-order valence-electron chi connectivity index (χ1n) is 6.45. The Labute approximate surface area is 137 Å². The number of halogens is 1. The van der Waals surface area contributed by atoms with Crippen LogP contribution in [0.3, 0.4) is 0 Å². The Morgan fingerprint density at radius 2 is 2.05 bits per heavy atom.